The Hall–Kier alpha value is -1.75. The highest BCUT2D eigenvalue weighted by Crippen LogP contribution is 2.34. The summed E-state index contributed by atoms with van der Waals surface area (Å²) in [6.07, 6.45) is 0. The molecule has 0 radical (unpaired) electrons. The van der Waals surface area contributed by atoms with Crippen LogP contribution in [0.5, 0.6) is 11.5 Å². The minimum absolute atomic E-state index is 0.00354. The predicted octanol–water partition coefficient (Wildman–Crippen LogP) is 0.576. The lowest BCUT2D eigenvalue weighted by molar-refractivity contribution is -0.119. The number of primary amides is 1. The third-order valence-corrected chi connectivity index (χ3v) is 2.54. The summed E-state index contributed by atoms with van der Waals surface area (Å²) in [4.78, 5) is 12.4. The first-order valence-electron chi connectivity index (χ1n) is 4.93. The maximum Gasteiger partial charge on any atom is 0.231 e. The highest BCUT2D eigenvalue weighted by Gasteiger charge is 2.19. The van der Waals surface area contributed by atoms with E-state index in [-0.39, 0.29) is 24.1 Å². The smallest absolute Gasteiger partial charge is 0.231 e. The van der Waals surface area contributed by atoms with Crippen molar-refractivity contribution >= 4 is 5.91 Å². The van der Waals surface area contributed by atoms with Gasteiger partial charge in [-0.1, -0.05) is 6.07 Å². The van der Waals surface area contributed by atoms with Crippen molar-refractivity contribution in [3.63, 3.8) is 0 Å². The first-order valence-corrected chi connectivity index (χ1v) is 4.93. The summed E-state index contributed by atoms with van der Waals surface area (Å²) >= 11 is 0. The van der Waals surface area contributed by atoms with Crippen molar-refractivity contribution in [1.29, 1.82) is 0 Å². The van der Waals surface area contributed by atoms with Gasteiger partial charge in [0.1, 0.15) is 11.5 Å². The zero-order chi connectivity index (χ0) is 12.3. The van der Waals surface area contributed by atoms with Gasteiger partial charge in [0.15, 0.2) is 0 Å². The average Bonchev–Trinajstić information content (AvgIpc) is 2.16. The molecule has 5 heteroatoms. The molecule has 4 N–H and O–H groups in total. The number of benzene rings is 1. The Morgan fingerprint density at radius 2 is 1.94 bits per heavy atom. The first kappa shape index (κ1) is 12.3. The van der Waals surface area contributed by atoms with Crippen LogP contribution in [-0.4, -0.2) is 34.6 Å². The number of carbonyl (C=O) groups is 1. The Morgan fingerprint density at radius 3 is 2.38 bits per heavy atom. The van der Waals surface area contributed by atoms with Crippen molar-refractivity contribution < 1.29 is 15.0 Å². The molecule has 0 aliphatic carbocycles. The van der Waals surface area contributed by atoms with Gasteiger partial charge in [0.2, 0.25) is 5.91 Å². The largest absolute Gasteiger partial charge is 0.507 e. The van der Waals surface area contributed by atoms with Crippen LogP contribution in [0.25, 0.3) is 0 Å². The van der Waals surface area contributed by atoms with Crippen LogP contribution in [0.15, 0.2) is 18.2 Å². The van der Waals surface area contributed by atoms with Crippen molar-refractivity contribution in [3.8, 4) is 11.5 Å². The van der Waals surface area contributed by atoms with Crippen LogP contribution in [0.3, 0.4) is 0 Å². The Bertz CT molecular complexity index is 373. The predicted molar refractivity (Wildman–Crippen MR) is 60.0 cm³/mol. The van der Waals surface area contributed by atoms with Crippen LogP contribution in [0.2, 0.25) is 0 Å². The summed E-state index contributed by atoms with van der Waals surface area (Å²) < 4.78 is 0. The summed E-state index contributed by atoms with van der Waals surface area (Å²) in [6.45, 7) is 1.84. The van der Waals surface area contributed by atoms with E-state index in [2.05, 4.69) is 0 Å². The van der Waals surface area contributed by atoms with Crippen LogP contribution < -0.4 is 5.73 Å². The summed E-state index contributed by atoms with van der Waals surface area (Å²) in [6, 6.07) is 4.23. The Labute approximate surface area is 94.1 Å². The minimum Gasteiger partial charge on any atom is -0.507 e. The van der Waals surface area contributed by atoms with Crippen molar-refractivity contribution in [2.24, 2.45) is 5.73 Å². The van der Waals surface area contributed by atoms with Crippen LogP contribution in [0.4, 0.5) is 0 Å². The van der Waals surface area contributed by atoms with E-state index in [9.17, 15) is 15.0 Å². The first-order chi connectivity index (χ1) is 7.43. The number of phenolic OH excluding ortho intramolecular Hbond substituents is 2. The molecular formula is C11H16N2O3. The molecule has 0 saturated heterocycles. The number of hydrogen-bond donors (Lipinski definition) is 3. The van der Waals surface area contributed by atoms with E-state index in [1.54, 1.807) is 24.9 Å². The second-order valence-electron chi connectivity index (χ2n) is 3.77. The molecule has 0 bridgehead atoms. The molecule has 1 amide bonds. The molecule has 1 aromatic carbocycles. The second-order valence-corrected chi connectivity index (χ2v) is 3.77. The second kappa shape index (κ2) is 4.85. The number of likely N-dealkylation sites (N-methyl/N-ethyl adjacent to an activating group) is 1. The maximum atomic E-state index is 10.8. The zero-order valence-electron chi connectivity index (χ0n) is 9.34. The fourth-order valence-corrected chi connectivity index (χ4v) is 1.57. The number of rotatable bonds is 4. The van der Waals surface area contributed by atoms with Gasteiger partial charge in [0.05, 0.1) is 12.1 Å². The minimum atomic E-state index is -0.454. The molecule has 0 heterocycles. The van der Waals surface area contributed by atoms with Crippen molar-refractivity contribution in [3.05, 3.63) is 23.8 Å². The summed E-state index contributed by atoms with van der Waals surface area (Å²) in [7, 11) is 1.70. The highest BCUT2D eigenvalue weighted by molar-refractivity contribution is 5.76. The van der Waals surface area contributed by atoms with E-state index < -0.39 is 5.91 Å². The fraction of sp³-hybridized carbons (Fsp3) is 0.364. The van der Waals surface area contributed by atoms with E-state index in [1.807, 2.05) is 0 Å². The van der Waals surface area contributed by atoms with Crippen molar-refractivity contribution in [2.75, 3.05) is 13.6 Å². The molecule has 0 spiro atoms. The van der Waals surface area contributed by atoms with Crippen molar-refractivity contribution in [1.82, 2.24) is 4.90 Å². The van der Waals surface area contributed by atoms with E-state index in [0.717, 1.165) is 0 Å². The van der Waals surface area contributed by atoms with Gasteiger partial charge in [-0.3, -0.25) is 9.69 Å². The monoisotopic (exact) mass is 224 g/mol. The summed E-state index contributed by atoms with van der Waals surface area (Å²) in [5, 5.41) is 19.3. The normalized spacial score (nSPS) is 12.7. The topological polar surface area (TPSA) is 86.8 Å². The van der Waals surface area contributed by atoms with E-state index in [1.165, 1.54) is 12.1 Å². The van der Waals surface area contributed by atoms with Gasteiger partial charge in [-0.25, -0.2) is 0 Å². The third-order valence-electron chi connectivity index (χ3n) is 2.54. The molecule has 0 saturated carbocycles. The van der Waals surface area contributed by atoms with E-state index in [4.69, 9.17) is 5.73 Å². The van der Waals surface area contributed by atoms with E-state index in [0.29, 0.717) is 5.56 Å². The number of phenols is 2. The molecule has 1 atom stereocenters. The fourth-order valence-electron chi connectivity index (χ4n) is 1.57. The molecule has 0 aliphatic rings. The quantitative estimate of drug-likeness (QED) is 0.698. The molecule has 1 aromatic rings. The Kier molecular flexibility index (Phi) is 3.73. The highest BCUT2D eigenvalue weighted by atomic mass is 16.3. The Balaban J connectivity index is 2.95. The lowest BCUT2D eigenvalue weighted by Gasteiger charge is -2.24. The SMILES string of the molecule is CC(c1c(O)cccc1O)N(C)CC(N)=O. The molecular weight excluding hydrogens is 208 g/mol. The Morgan fingerprint density at radius 1 is 1.44 bits per heavy atom. The standard InChI is InChI=1S/C11H16N2O3/c1-7(13(2)6-10(12)16)11-8(14)4-3-5-9(11)15/h3-5,7,14-15H,6H2,1-2H3,(H2,12,16). The number of aromatic hydroxyl groups is 2. The molecule has 1 rings (SSSR count). The number of nitrogens with zero attached hydrogens (tertiary/aromatic N) is 1. The van der Waals surface area contributed by atoms with Crippen LogP contribution >= 0.6 is 0 Å². The lowest BCUT2D eigenvalue weighted by atomic mass is 10.0. The molecule has 1 unspecified atom stereocenters. The number of carbonyl (C=O) groups excluding carboxylic acids is 1. The number of amides is 1. The number of nitrogens with two attached hydrogens (primary N) is 1. The summed E-state index contributed by atoms with van der Waals surface area (Å²) in [5.41, 5.74) is 5.47. The van der Waals surface area contributed by atoms with Crippen LogP contribution in [0.1, 0.15) is 18.5 Å². The van der Waals surface area contributed by atoms with Gasteiger partial charge in [-0.15, -0.1) is 0 Å². The van der Waals surface area contributed by atoms with Gasteiger partial charge in [0, 0.05) is 6.04 Å². The zero-order valence-corrected chi connectivity index (χ0v) is 9.34. The van der Waals surface area contributed by atoms with Gasteiger partial charge < -0.3 is 15.9 Å². The maximum absolute atomic E-state index is 10.8. The van der Waals surface area contributed by atoms with E-state index >= 15 is 0 Å². The number of hydrogen-bond acceptors (Lipinski definition) is 4. The van der Waals surface area contributed by atoms with Crippen LogP contribution in [-0.2, 0) is 4.79 Å². The van der Waals surface area contributed by atoms with Gasteiger partial charge in [-0.2, -0.15) is 0 Å². The molecule has 5 nitrogen and oxygen atoms in total. The lowest BCUT2D eigenvalue weighted by Crippen LogP contribution is -2.32. The van der Waals surface area contributed by atoms with Gasteiger partial charge in [-0.05, 0) is 26.1 Å². The van der Waals surface area contributed by atoms with Gasteiger partial charge >= 0.3 is 0 Å². The molecule has 88 valence electrons. The van der Waals surface area contributed by atoms with Gasteiger partial charge in [0.25, 0.3) is 0 Å². The third kappa shape index (κ3) is 2.64. The molecule has 0 fully saturated rings. The molecule has 16 heavy (non-hydrogen) atoms. The molecule has 0 aromatic heterocycles. The average molecular weight is 224 g/mol. The summed E-state index contributed by atoms with van der Waals surface area (Å²) in [5.74, 6) is -0.447. The van der Waals surface area contributed by atoms with Crippen molar-refractivity contribution in [2.45, 2.75) is 13.0 Å². The molecule has 0 aliphatic heterocycles. The van der Waals surface area contributed by atoms with Crippen LogP contribution in [0, 0.1) is 0 Å².